The van der Waals surface area contributed by atoms with E-state index < -0.39 is 14.4 Å². The molecule has 0 fully saturated rings. The molecule has 1 aromatic rings. The first kappa shape index (κ1) is 28.5. The molecule has 0 aromatic heterocycles. The fourth-order valence-corrected chi connectivity index (χ4v) is 4.21. The second kappa shape index (κ2) is 13.4. The fourth-order valence-electron chi connectivity index (χ4n) is 3.26. The number of ether oxygens (including phenoxy) is 3. The Labute approximate surface area is 207 Å². The van der Waals surface area contributed by atoms with Crippen LogP contribution >= 0.6 is 0 Å². The summed E-state index contributed by atoms with van der Waals surface area (Å²) in [6, 6.07) is 7.79. The topological polar surface area (TPSA) is 57.2 Å². The van der Waals surface area contributed by atoms with Crippen LogP contribution in [-0.2, 0) is 20.5 Å². The van der Waals surface area contributed by atoms with Gasteiger partial charge in [-0.05, 0) is 55.6 Å². The predicted octanol–water partition coefficient (Wildman–Crippen LogP) is 6.20. The summed E-state index contributed by atoms with van der Waals surface area (Å²) in [6.07, 6.45) is 10.3. The summed E-state index contributed by atoms with van der Waals surface area (Å²) in [7, 11) is -0.129. The first-order chi connectivity index (χ1) is 16.0. The maximum atomic E-state index is 10.9. The fraction of sp³-hybridized carbons (Fsp3) is 0.571. The minimum absolute atomic E-state index is 0.00424. The summed E-state index contributed by atoms with van der Waals surface area (Å²) in [5, 5.41) is 11.1. The van der Waals surface area contributed by atoms with Crippen molar-refractivity contribution in [3.8, 4) is 5.75 Å². The Morgan fingerprint density at radius 3 is 2.50 bits per heavy atom. The lowest BCUT2D eigenvalue weighted by Gasteiger charge is -2.35. The number of aliphatic hydroxyl groups is 1. The van der Waals surface area contributed by atoms with E-state index >= 15 is 0 Å². The van der Waals surface area contributed by atoms with Crippen LogP contribution in [0.2, 0.25) is 18.1 Å². The molecule has 6 heteroatoms. The zero-order chi connectivity index (χ0) is 25.2. The van der Waals surface area contributed by atoms with Crippen molar-refractivity contribution < 1.29 is 23.7 Å². The molecule has 34 heavy (non-hydrogen) atoms. The largest absolute Gasteiger partial charge is 0.497 e. The quantitative estimate of drug-likeness (QED) is 0.280. The Balaban J connectivity index is 1.98. The molecule has 0 radical (unpaired) electrons. The van der Waals surface area contributed by atoms with Gasteiger partial charge in [0.2, 0.25) is 0 Å². The summed E-state index contributed by atoms with van der Waals surface area (Å²) in [6.45, 7) is 14.9. The minimum atomic E-state index is -1.78. The molecule has 0 amide bonds. The molecule has 0 bridgehead atoms. The van der Waals surface area contributed by atoms with Gasteiger partial charge in [0.05, 0.1) is 45.2 Å². The van der Waals surface area contributed by atoms with Gasteiger partial charge in [-0.1, -0.05) is 68.9 Å². The summed E-state index contributed by atoms with van der Waals surface area (Å²) in [5.74, 6) is 0.810. The van der Waals surface area contributed by atoms with E-state index in [1.807, 2.05) is 48.6 Å². The SMILES string of the molecule is COc1ccc(CO[C@H](C/C=C/CO[Si](C)(C)C(C)(C)C)[C@@H](O)C=C[C@@H]2CC(C)=CCO2)cc1. The van der Waals surface area contributed by atoms with E-state index in [9.17, 15) is 5.11 Å². The highest BCUT2D eigenvalue weighted by molar-refractivity contribution is 6.74. The highest BCUT2D eigenvalue weighted by Gasteiger charge is 2.36. The van der Waals surface area contributed by atoms with E-state index in [4.69, 9.17) is 18.6 Å². The summed E-state index contributed by atoms with van der Waals surface area (Å²) >= 11 is 0. The van der Waals surface area contributed by atoms with Gasteiger partial charge in [0.25, 0.3) is 0 Å². The van der Waals surface area contributed by atoms with Crippen molar-refractivity contribution in [2.24, 2.45) is 0 Å². The number of rotatable bonds is 12. The van der Waals surface area contributed by atoms with Crippen molar-refractivity contribution in [3.05, 3.63) is 65.8 Å². The zero-order valence-electron chi connectivity index (χ0n) is 22.0. The molecular weight excluding hydrogens is 444 g/mol. The van der Waals surface area contributed by atoms with Crippen LogP contribution in [0.3, 0.4) is 0 Å². The zero-order valence-corrected chi connectivity index (χ0v) is 23.0. The molecule has 5 nitrogen and oxygen atoms in total. The molecule has 1 aliphatic rings. The Kier molecular flexibility index (Phi) is 11.2. The van der Waals surface area contributed by atoms with Crippen molar-refractivity contribution in [1.29, 1.82) is 0 Å². The molecule has 2 rings (SSSR count). The molecule has 1 aliphatic heterocycles. The van der Waals surface area contributed by atoms with Crippen LogP contribution in [0.5, 0.6) is 5.75 Å². The van der Waals surface area contributed by atoms with Gasteiger partial charge in [0, 0.05) is 0 Å². The average Bonchev–Trinajstić information content (AvgIpc) is 2.79. The van der Waals surface area contributed by atoms with Gasteiger partial charge in [-0.25, -0.2) is 0 Å². The highest BCUT2D eigenvalue weighted by Crippen LogP contribution is 2.36. The van der Waals surface area contributed by atoms with Gasteiger partial charge < -0.3 is 23.7 Å². The summed E-state index contributed by atoms with van der Waals surface area (Å²) in [4.78, 5) is 0. The lowest BCUT2D eigenvalue weighted by molar-refractivity contribution is -0.0251. The first-order valence-corrected chi connectivity index (χ1v) is 15.1. The Bertz CT molecular complexity index is 820. The van der Waals surface area contributed by atoms with Crippen LogP contribution in [0.25, 0.3) is 0 Å². The van der Waals surface area contributed by atoms with Gasteiger partial charge in [-0.2, -0.15) is 0 Å². The van der Waals surface area contributed by atoms with Crippen LogP contribution in [0.4, 0.5) is 0 Å². The number of aliphatic hydroxyl groups excluding tert-OH is 1. The van der Waals surface area contributed by atoms with Crippen LogP contribution in [0.1, 0.15) is 46.1 Å². The maximum Gasteiger partial charge on any atom is 0.192 e. The van der Waals surface area contributed by atoms with Gasteiger partial charge in [-0.3, -0.25) is 0 Å². The predicted molar refractivity (Wildman–Crippen MR) is 142 cm³/mol. The number of hydrogen-bond acceptors (Lipinski definition) is 5. The van der Waals surface area contributed by atoms with E-state index in [2.05, 4.69) is 46.9 Å². The van der Waals surface area contributed by atoms with Crippen LogP contribution < -0.4 is 4.74 Å². The Morgan fingerprint density at radius 1 is 1.18 bits per heavy atom. The highest BCUT2D eigenvalue weighted by atomic mass is 28.4. The lowest BCUT2D eigenvalue weighted by atomic mass is 10.0. The molecule has 190 valence electrons. The minimum Gasteiger partial charge on any atom is -0.497 e. The van der Waals surface area contributed by atoms with Crippen molar-refractivity contribution in [2.45, 2.75) is 83.6 Å². The van der Waals surface area contributed by atoms with Crippen LogP contribution in [0.15, 0.2) is 60.2 Å². The van der Waals surface area contributed by atoms with Gasteiger partial charge in [0.1, 0.15) is 5.75 Å². The van der Waals surface area contributed by atoms with E-state index in [1.165, 1.54) is 5.57 Å². The monoisotopic (exact) mass is 488 g/mol. The number of benzene rings is 1. The Hall–Kier alpha value is -1.70. The molecule has 1 heterocycles. The summed E-state index contributed by atoms with van der Waals surface area (Å²) < 4.78 is 23.3. The Morgan fingerprint density at radius 2 is 1.88 bits per heavy atom. The van der Waals surface area contributed by atoms with E-state index in [0.717, 1.165) is 17.7 Å². The van der Waals surface area contributed by atoms with Gasteiger partial charge >= 0.3 is 0 Å². The molecule has 0 unspecified atom stereocenters. The maximum absolute atomic E-state index is 10.9. The average molecular weight is 489 g/mol. The molecule has 0 spiro atoms. The van der Waals surface area contributed by atoms with Crippen molar-refractivity contribution in [1.82, 2.24) is 0 Å². The third-order valence-corrected chi connectivity index (χ3v) is 11.2. The molecular formula is C28H44O5Si. The van der Waals surface area contributed by atoms with Crippen molar-refractivity contribution >= 4 is 8.32 Å². The standard InChI is InChI=1S/C28H44O5Si/c1-22-17-19-31-25(20-22)15-16-26(29)27(32-21-23-11-13-24(30-5)14-12-23)10-8-9-18-33-34(6,7)28(2,3)4/h8-9,11-17,25-27,29H,10,18-21H2,1-7H3/b9-8+,16-15?/t25-,26+,27-/m1/s1. The second-order valence-corrected chi connectivity index (χ2v) is 15.3. The van der Waals surface area contributed by atoms with Gasteiger partial charge in [-0.15, -0.1) is 0 Å². The van der Waals surface area contributed by atoms with E-state index in [1.54, 1.807) is 7.11 Å². The normalized spacial score (nSPS) is 19.4. The van der Waals surface area contributed by atoms with E-state index in [-0.39, 0.29) is 17.2 Å². The van der Waals surface area contributed by atoms with Crippen molar-refractivity contribution in [2.75, 3.05) is 20.3 Å². The number of methoxy groups -OCH3 is 1. The molecule has 1 aromatic carbocycles. The molecule has 0 aliphatic carbocycles. The molecule has 0 saturated heterocycles. The van der Waals surface area contributed by atoms with Crippen LogP contribution in [-0.4, -0.2) is 52.1 Å². The van der Waals surface area contributed by atoms with Gasteiger partial charge in [0.15, 0.2) is 8.32 Å². The number of hydrogen-bond donors (Lipinski definition) is 1. The molecule has 0 saturated carbocycles. The molecule has 3 atom stereocenters. The van der Waals surface area contributed by atoms with E-state index in [0.29, 0.717) is 26.2 Å². The first-order valence-electron chi connectivity index (χ1n) is 12.2. The van der Waals surface area contributed by atoms with Crippen molar-refractivity contribution in [3.63, 3.8) is 0 Å². The van der Waals surface area contributed by atoms with Crippen LogP contribution in [0, 0.1) is 0 Å². The second-order valence-electron chi connectivity index (χ2n) is 10.5. The third kappa shape index (κ3) is 9.51. The smallest absolute Gasteiger partial charge is 0.192 e. The molecule has 1 N–H and O–H groups in total. The third-order valence-electron chi connectivity index (χ3n) is 6.67. The summed E-state index contributed by atoms with van der Waals surface area (Å²) in [5.41, 5.74) is 2.34. The lowest BCUT2D eigenvalue weighted by Crippen LogP contribution is -2.40.